The van der Waals surface area contributed by atoms with Crippen LogP contribution in [0.1, 0.15) is 67.9 Å². The first-order valence-electron chi connectivity index (χ1n) is 17.5. The van der Waals surface area contributed by atoms with Gasteiger partial charge in [-0.05, 0) is 85.9 Å². The van der Waals surface area contributed by atoms with E-state index in [1.54, 1.807) is 6.20 Å². The molecule has 3 aromatic rings. The Morgan fingerprint density at radius 2 is 1.42 bits per heavy atom. The first-order valence-corrected chi connectivity index (χ1v) is 17.5. The molecule has 0 bridgehead atoms. The SMILES string of the molecule is C=C/N=C(\c1ccccc1)c1ccc(C(=N/CC2=C/C/C=C\C=C/CC(/C=C\C)=C\2C)/N=C(C)/C2=C/c3ccccc3C/C=C\C=C/C2)cc1. The number of benzene rings is 3. The van der Waals surface area contributed by atoms with Crippen LogP contribution in [0.5, 0.6) is 0 Å². The van der Waals surface area contributed by atoms with E-state index in [0.717, 1.165) is 53.8 Å². The second-order valence-corrected chi connectivity index (χ2v) is 12.2. The van der Waals surface area contributed by atoms with Gasteiger partial charge in [-0.25, -0.2) is 4.99 Å². The second-order valence-electron chi connectivity index (χ2n) is 12.2. The van der Waals surface area contributed by atoms with E-state index in [2.05, 4.69) is 166 Å². The van der Waals surface area contributed by atoms with Gasteiger partial charge < -0.3 is 0 Å². The summed E-state index contributed by atoms with van der Waals surface area (Å²) in [5.41, 5.74) is 12.3. The standard InChI is InChI=1S/C47H47N3/c1-5-21-38-22-13-8-7-9-16-29-45(36(38)3)35-49-47(42-32-30-41(31-33-42)46(48-6-2)40-25-17-12-18-26-40)50-37(4)43-27-15-11-10-14-23-39-24-19-20-28-44(39)34-43/h5-15,17-21,24-26,28-34H,2,16,22-23,27,35H2,1,3-4H3/b9-7-,13-8-,14-10-,15-11-,21-5-,38-36-,43-34+,45-29-,48-46+,49-47-,50-37+. The third kappa shape index (κ3) is 9.93. The molecular formula is C47H47N3. The lowest BCUT2D eigenvalue weighted by molar-refractivity contribution is 1.08. The number of hydrogen-bond acceptors (Lipinski definition) is 2. The predicted octanol–water partition coefficient (Wildman–Crippen LogP) is 11.7. The van der Waals surface area contributed by atoms with Gasteiger partial charge in [-0.3, -0.25) is 9.98 Å². The molecule has 0 aromatic heterocycles. The summed E-state index contributed by atoms with van der Waals surface area (Å²) in [6.07, 6.45) is 31.3. The molecule has 0 spiro atoms. The van der Waals surface area contributed by atoms with Crippen LogP contribution in [-0.4, -0.2) is 23.8 Å². The molecule has 3 heteroatoms. The van der Waals surface area contributed by atoms with Crippen LogP contribution in [-0.2, 0) is 6.42 Å². The molecule has 0 unspecified atom stereocenters. The number of aliphatic imine (C=N–C) groups is 3. The Morgan fingerprint density at radius 1 is 0.760 bits per heavy atom. The molecule has 50 heavy (non-hydrogen) atoms. The molecule has 0 atom stereocenters. The molecule has 5 rings (SSSR count). The highest BCUT2D eigenvalue weighted by Gasteiger charge is 2.12. The fraction of sp³-hybridized carbons (Fsp3) is 0.170. The maximum atomic E-state index is 5.30. The second kappa shape index (κ2) is 18.8. The van der Waals surface area contributed by atoms with Gasteiger partial charge in [0.25, 0.3) is 0 Å². The molecule has 3 aromatic carbocycles. The summed E-state index contributed by atoms with van der Waals surface area (Å²) >= 11 is 0. The van der Waals surface area contributed by atoms with Crippen molar-refractivity contribution in [2.45, 2.75) is 46.5 Å². The van der Waals surface area contributed by atoms with Crippen molar-refractivity contribution in [1.29, 1.82) is 0 Å². The largest absolute Gasteiger partial charge is 0.261 e. The summed E-state index contributed by atoms with van der Waals surface area (Å²) in [6, 6.07) is 27.3. The van der Waals surface area contributed by atoms with Crippen molar-refractivity contribution in [3.05, 3.63) is 209 Å². The quantitative estimate of drug-likeness (QED) is 0.171. The zero-order valence-corrected chi connectivity index (χ0v) is 29.6. The minimum Gasteiger partial charge on any atom is -0.261 e. The van der Waals surface area contributed by atoms with E-state index < -0.39 is 0 Å². The van der Waals surface area contributed by atoms with E-state index in [1.807, 2.05) is 18.2 Å². The number of amidine groups is 1. The number of rotatable bonds is 8. The topological polar surface area (TPSA) is 37.1 Å². The fourth-order valence-corrected chi connectivity index (χ4v) is 6.00. The lowest BCUT2D eigenvalue weighted by Crippen LogP contribution is -2.08. The van der Waals surface area contributed by atoms with Gasteiger partial charge in [-0.15, -0.1) is 0 Å². The van der Waals surface area contributed by atoms with Crippen LogP contribution in [0.4, 0.5) is 0 Å². The average molecular weight is 654 g/mol. The lowest BCUT2D eigenvalue weighted by atomic mass is 9.96. The molecule has 2 aliphatic carbocycles. The Balaban J connectivity index is 1.59. The third-order valence-corrected chi connectivity index (χ3v) is 8.82. The Hall–Kier alpha value is -5.67. The van der Waals surface area contributed by atoms with Crippen LogP contribution >= 0.6 is 0 Å². The van der Waals surface area contributed by atoms with Crippen LogP contribution in [0.2, 0.25) is 0 Å². The summed E-state index contributed by atoms with van der Waals surface area (Å²) in [4.78, 5) is 15.2. The van der Waals surface area contributed by atoms with Gasteiger partial charge in [0.2, 0.25) is 0 Å². The van der Waals surface area contributed by atoms with E-state index in [1.165, 1.54) is 33.4 Å². The summed E-state index contributed by atoms with van der Waals surface area (Å²) in [7, 11) is 0. The summed E-state index contributed by atoms with van der Waals surface area (Å²) in [5, 5.41) is 0. The molecule has 0 fully saturated rings. The molecule has 0 saturated carbocycles. The molecule has 0 N–H and O–H groups in total. The van der Waals surface area contributed by atoms with Crippen molar-refractivity contribution >= 4 is 23.3 Å². The third-order valence-electron chi connectivity index (χ3n) is 8.82. The van der Waals surface area contributed by atoms with E-state index in [-0.39, 0.29) is 0 Å². The maximum Gasteiger partial charge on any atom is 0.155 e. The van der Waals surface area contributed by atoms with Gasteiger partial charge in [0.05, 0.1) is 12.3 Å². The molecule has 250 valence electrons. The summed E-state index contributed by atoms with van der Waals surface area (Å²) in [5.74, 6) is 0.708. The molecular weight excluding hydrogens is 607 g/mol. The zero-order valence-electron chi connectivity index (χ0n) is 29.6. The Bertz CT molecular complexity index is 1980. The Morgan fingerprint density at radius 3 is 2.18 bits per heavy atom. The fourth-order valence-electron chi connectivity index (χ4n) is 6.00. The van der Waals surface area contributed by atoms with E-state index in [9.17, 15) is 0 Å². The predicted molar refractivity (Wildman–Crippen MR) is 217 cm³/mol. The first-order chi connectivity index (χ1) is 24.6. The Labute approximate surface area is 299 Å². The first kappa shape index (κ1) is 35.6. The highest BCUT2D eigenvalue weighted by molar-refractivity contribution is 6.15. The zero-order chi connectivity index (χ0) is 35.0. The van der Waals surface area contributed by atoms with Crippen molar-refractivity contribution < 1.29 is 0 Å². The van der Waals surface area contributed by atoms with Gasteiger partial charge in [0.1, 0.15) is 0 Å². The lowest BCUT2D eigenvalue weighted by Gasteiger charge is -2.14. The summed E-state index contributed by atoms with van der Waals surface area (Å²) < 4.78 is 0. The number of hydrogen-bond donors (Lipinski definition) is 0. The van der Waals surface area contributed by atoms with Gasteiger partial charge >= 0.3 is 0 Å². The monoisotopic (exact) mass is 653 g/mol. The highest BCUT2D eigenvalue weighted by Crippen LogP contribution is 2.23. The van der Waals surface area contributed by atoms with Crippen molar-refractivity contribution in [2.24, 2.45) is 15.0 Å². The minimum atomic E-state index is 0.526. The van der Waals surface area contributed by atoms with Gasteiger partial charge in [0, 0.05) is 28.6 Å². The van der Waals surface area contributed by atoms with E-state index in [4.69, 9.17) is 9.98 Å². The number of nitrogens with zero attached hydrogens (tertiary/aromatic N) is 3. The van der Waals surface area contributed by atoms with Crippen LogP contribution in [0.3, 0.4) is 0 Å². The van der Waals surface area contributed by atoms with Gasteiger partial charge in [-0.1, -0.05) is 152 Å². The van der Waals surface area contributed by atoms with Crippen molar-refractivity contribution in [2.75, 3.05) is 6.54 Å². The smallest absolute Gasteiger partial charge is 0.155 e. The van der Waals surface area contributed by atoms with Crippen molar-refractivity contribution in [3.8, 4) is 0 Å². The molecule has 2 aliphatic rings. The minimum absolute atomic E-state index is 0.526. The van der Waals surface area contributed by atoms with Gasteiger partial charge in [-0.2, -0.15) is 0 Å². The molecule has 0 aliphatic heterocycles. The molecule has 0 saturated heterocycles. The van der Waals surface area contributed by atoms with Crippen molar-refractivity contribution in [1.82, 2.24) is 0 Å². The van der Waals surface area contributed by atoms with Gasteiger partial charge in [0.15, 0.2) is 5.84 Å². The normalized spacial score (nSPS) is 22.3. The summed E-state index contributed by atoms with van der Waals surface area (Å²) in [6.45, 7) is 10.8. The van der Waals surface area contributed by atoms with Crippen LogP contribution in [0, 0.1) is 0 Å². The molecule has 0 radical (unpaired) electrons. The molecule has 0 heterocycles. The van der Waals surface area contributed by atoms with Crippen LogP contribution in [0.25, 0.3) is 6.08 Å². The van der Waals surface area contributed by atoms with Crippen LogP contribution < -0.4 is 0 Å². The maximum absolute atomic E-state index is 5.30. The highest BCUT2D eigenvalue weighted by atomic mass is 14.9. The Kier molecular flexibility index (Phi) is 13.4. The molecule has 0 amide bonds. The number of fused-ring (bicyclic) bond motifs is 1. The van der Waals surface area contributed by atoms with Crippen molar-refractivity contribution in [3.63, 3.8) is 0 Å². The van der Waals surface area contributed by atoms with E-state index in [0.29, 0.717) is 12.4 Å². The van der Waals surface area contributed by atoms with Crippen LogP contribution in [0.15, 0.2) is 196 Å². The number of allylic oxidation sites excluding steroid dienone is 13. The van der Waals surface area contributed by atoms with E-state index >= 15 is 0 Å². The average Bonchev–Trinajstić information content (AvgIpc) is 3.15. The molecule has 3 nitrogen and oxygen atoms in total.